The van der Waals surface area contributed by atoms with Gasteiger partial charge in [0.05, 0.1) is 0 Å². The Hall–Kier alpha value is -0.480. The molecule has 0 aliphatic carbocycles. The van der Waals surface area contributed by atoms with Gasteiger partial charge in [-0.2, -0.15) is 11.8 Å². The zero-order chi connectivity index (χ0) is 12.3. The molecule has 17 heavy (non-hydrogen) atoms. The van der Waals surface area contributed by atoms with E-state index in [9.17, 15) is 4.79 Å². The van der Waals surface area contributed by atoms with Crippen LogP contribution in [0.15, 0.2) is 22.7 Å². The van der Waals surface area contributed by atoms with Crippen LogP contribution < -0.4 is 5.32 Å². The van der Waals surface area contributed by atoms with Gasteiger partial charge in [-0.05, 0) is 55.0 Å². The maximum absolute atomic E-state index is 12.0. The van der Waals surface area contributed by atoms with Crippen LogP contribution in [0.5, 0.6) is 0 Å². The summed E-state index contributed by atoms with van der Waals surface area (Å²) >= 11 is 5.41. The summed E-state index contributed by atoms with van der Waals surface area (Å²) in [5, 5.41) is 3.11. The van der Waals surface area contributed by atoms with Crippen LogP contribution in [-0.2, 0) is 0 Å². The van der Waals surface area contributed by atoms with Crippen LogP contribution in [-0.4, -0.2) is 23.5 Å². The number of carbonyl (C=O) groups excluding carboxylic acids is 1. The van der Waals surface area contributed by atoms with Gasteiger partial charge in [0.15, 0.2) is 0 Å². The highest BCUT2D eigenvalue weighted by atomic mass is 79.9. The van der Waals surface area contributed by atoms with Gasteiger partial charge in [0, 0.05) is 16.1 Å². The van der Waals surface area contributed by atoms with Gasteiger partial charge < -0.3 is 5.32 Å². The minimum absolute atomic E-state index is 0.0532. The molecule has 0 saturated carbocycles. The summed E-state index contributed by atoms with van der Waals surface area (Å²) in [7, 11) is 0. The van der Waals surface area contributed by atoms with Gasteiger partial charge in [0.2, 0.25) is 0 Å². The maximum Gasteiger partial charge on any atom is 0.251 e. The second kappa shape index (κ2) is 5.91. The zero-order valence-electron chi connectivity index (χ0n) is 9.83. The molecule has 1 heterocycles. The van der Waals surface area contributed by atoms with Gasteiger partial charge in [0.25, 0.3) is 5.91 Å². The van der Waals surface area contributed by atoms with Crippen LogP contribution in [0, 0.1) is 6.92 Å². The second-order valence-electron chi connectivity index (χ2n) is 4.32. The molecule has 1 amide bonds. The smallest absolute Gasteiger partial charge is 0.251 e. The molecular formula is C13H16BrNOS. The Morgan fingerprint density at radius 1 is 1.41 bits per heavy atom. The summed E-state index contributed by atoms with van der Waals surface area (Å²) < 4.78 is 1.04. The average molecular weight is 314 g/mol. The van der Waals surface area contributed by atoms with Crippen LogP contribution in [0.4, 0.5) is 0 Å². The summed E-state index contributed by atoms with van der Waals surface area (Å²) in [5.41, 5.74) is 1.85. The molecule has 1 saturated heterocycles. The molecule has 4 heteroatoms. The molecule has 0 bridgehead atoms. The summed E-state index contributed by atoms with van der Waals surface area (Å²) in [6, 6.07) is 6.08. The van der Waals surface area contributed by atoms with Crippen molar-refractivity contribution >= 4 is 33.6 Å². The van der Waals surface area contributed by atoms with Gasteiger partial charge in [-0.3, -0.25) is 4.79 Å². The van der Waals surface area contributed by atoms with Crippen molar-refractivity contribution in [1.29, 1.82) is 0 Å². The van der Waals surface area contributed by atoms with Crippen LogP contribution >= 0.6 is 27.7 Å². The zero-order valence-corrected chi connectivity index (χ0v) is 12.2. The molecule has 1 fully saturated rings. The van der Waals surface area contributed by atoms with Crippen LogP contribution in [0.3, 0.4) is 0 Å². The highest BCUT2D eigenvalue weighted by molar-refractivity contribution is 9.10. The molecule has 1 aromatic rings. The Morgan fingerprint density at radius 3 is 2.76 bits per heavy atom. The summed E-state index contributed by atoms with van der Waals surface area (Å²) in [6.07, 6.45) is 2.18. The average Bonchev–Trinajstić information content (AvgIpc) is 2.34. The van der Waals surface area contributed by atoms with Crippen molar-refractivity contribution in [3.8, 4) is 0 Å². The van der Waals surface area contributed by atoms with E-state index < -0.39 is 0 Å². The lowest BCUT2D eigenvalue weighted by atomic mass is 10.1. The first-order valence-corrected chi connectivity index (χ1v) is 7.76. The maximum atomic E-state index is 12.0. The highest BCUT2D eigenvalue weighted by Crippen LogP contribution is 2.19. The standard InChI is InChI=1S/C13H16BrNOS/c1-9-8-10(2-3-12(9)14)13(16)15-11-4-6-17-7-5-11/h2-3,8,11H,4-7H2,1H3,(H,15,16). The summed E-state index contributed by atoms with van der Waals surface area (Å²) in [6.45, 7) is 2.00. The lowest BCUT2D eigenvalue weighted by molar-refractivity contribution is 0.0935. The summed E-state index contributed by atoms with van der Waals surface area (Å²) in [4.78, 5) is 12.0. The van der Waals surface area contributed by atoms with Crippen molar-refractivity contribution in [3.63, 3.8) is 0 Å². The van der Waals surface area contributed by atoms with Crippen molar-refractivity contribution in [2.24, 2.45) is 0 Å². The number of carbonyl (C=O) groups is 1. The largest absolute Gasteiger partial charge is 0.349 e. The molecule has 0 radical (unpaired) electrons. The van der Waals surface area contributed by atoms with E-state index in [1.54, 1.807) is 0 Å². The number of hydrogen-bond acceptors (Lipinski definition) is 2. The molecule has 92 valence electrons. The highest BCUT2D eigenvalue weighted by Gasteiger charge is 2.16. The van der Waals surface area contributed by atoms with E-state index in [4.69, 9.17) is 0 Å². The third kappa shape index (κ3) is 3.49. The van der Waals surface area contributed by atoms with Crippen LogP contribution in [0.2, 0.25) is 0 Å². The van der Waals surface area contributed by atoms with Crippen LogP contribution in [0.1, 0.15) is 28.8 Å². The lowest BCUT2D eigenvalue weighted by Gasteiger charge is -2.22. The minimum Gasteiger partial charge on any atom is -0.349 e. The fraction of sp³-hybridized carbons (Fsp3) is 0.462. The number of amides is 1. The Bertz CT molecular complexity index is 416. The van der Waals surface area contributed by atoms with Crippen molar-refractivity contribution in [2.75, 3.05) is 11.5 Å². The van der Waals surface area contributed by atoms with Crippen LogP contribution in [0.25, 0.3) is 0 Å². The molecular weight excluding hydrogens is 298 g/mol. The predicted molar refractivity (Wildman–Crippen MR) is 76.7 cm³/mol. The van der Waals surface area contributed by atoms with E-state index in [2.05, 4.69) is 21.2 Å². The van der Waals surface area contributed by atoms with E-state index in [1.807, 2.05) is 36.9 Å². The molecule has 1 aromatic carbocycles. The van der Waals surface area contributed by atoms with E-state index in [-0.39, 0.29) is 5.91 Å². The van der Waals surface area contributed by atoms with Gasteiger partial charge in [-0.25, -0.2) is 0 Å². The SMILES string of the molecule is Cc1cc(C(=O)NC2CCSCC2)ccc1Br. The number of rotatable bonds is 2. The topological polar surface area (TPSA) is 29.1 Å². The third-order valence-electron chi connectivity index (χ3n) is 2.98. The number of aryl methyl sites for hydroxylation is 1. The van der Waals surface area contributed by atoms with Gasteiger partial charge >= 0.3 is 0 Å². The minimum atomic E-state index is 0.0532. The summed E-state index contributed by atoms with van der Waals surface area (Å²) in [5.74, 6) is 2.37. The monoisotopic (exact) mass is 313 g/mol. The fourth-order valence-electron chi connectivity index (χ4n) is 1.90. The fourth-order valence-corrected chi connectivity index (χ4v) is 3.25. The van der Waals surface area contributed by atoms with E-state index in [0.29, 0.717) is 6.04 Å². The number of thioether (sulfide) groups is 1. The van der Waals surface area contributed by atoms with E-state index in [1.165, 1.54) is 0 Å². The Labute approximate surface area is 115 Å². The molecule has 0 aromatic heterocycles. The van der Waals surface area contributed by atoms with Crippen molar-refractivity contribution < 1.29 is 4.79 Å². The molecule has 1 N–H and O–H groups in total. The van der Waals surface area contributed by atoms with Crippen molar-refractivity contribution in [3.05, 3.63) is 33.8 Å². The van der Waals surface area contributed by atoms with Crippen molar-refractivity contribution in [1.82, 2.24) is 5.32 Å². The molecule has 2 nitrogen and oxygen atoms in total. The number of hydrogen-bond donors (Lipinski definition) is 1. The first-order chi connectivity index (χ1) is 8.16. The van der Waals surface area contributed by atoms with Gasteiger partial charge in [0.1, 0.15) is 0 Å². The number of nitrogens with one attached hydrogen (secondary N) is 1. The Balaban J connectivity index is 2.01. The predicted octanol–water partition coefficient (Wildman–Crippen LogP) is 3.38. The molecule has 0 unspecified atom stereocenters. The number of halogens is 1. The quantitative estimate of drug-likeness (QED) is 0.907. The van der Waals surface area contributed by atoms with E-state index in [0.717, 1.165) is 39.9 Å². The molecule has 2 rings (SSSR count). The van der Waals surface area contributed by atoms with E-state index >= 15 is 0 Å². The molecule has 0 spiro atoms. The van der Waals surface area contributed by atoms with Gasteiger partial charge in [-0.1, -0.05) is 15.9 Å². The third-order valence-corrected chi connectivity index (χ3v) is 4.92. The normalized spacial score (nSPS) is 16.8. The van der Waals surface area contributed by atoms with Gasteiger partial charge in [-0.15, -0.1) is 0 Å². The first-order valence-electron chi connectivity index (χ1n) is 5.81. The molecule has 0 atom stereocenters. The first kappa shape index (κ1) is 13.0. The second-order valence-corrected chi connectivity index (χ2v) is 6.40. The molecule has 1 aliphatic heterocycles. The number of benzene rings is 1. The Kier molecular flexibility index (Phi) is 4.51. The Morgan fingerprint density at radius 2 is 2.12 bits per heavy atom. The lowest BCUT2D eigenvalue weighted by Crippen LogP contribution is -2.37. The molecule has 1 aliphatic rings. The van der Waals surface area contributed by atoms with Crippen molar-refractivity contribution in [2.45, 2.75) is 25.8 Å².